The van der Waals surface area contributed by atoms with Crippen molar-refractivity contribution < 1.29 is 14.5 Å². The Morgan fingerprint density at radius 1 is 1.24 bits per heavy atom. The second-order valence-corrected chi connectivity index (χ2v) is 6.07. The van der Waals surface area contributed by atoms with E-state index in [2.05, 4.69) is 9.88 Å². The standard InChI is InChI=1S/C18H17ClN4O2/c19-15-11-14(12-20)4-5-16(15)25-13-18(24)23-9-7-22(8-10-23)17-3-1-2-6-21-17/h1-6,11H,7-10,13H2/p+1. The van der Waals surface area contributed by atoms with E-state index in [1.165, 1.54) is 6.07 Å². The second-order valence-electron chi connectivity index (χ2n) is 5.66. The van der Waals surface area contributed by atoms with Crippen molar-refractivity contribution in [2.75, 3.05) is 37.7 Å². The quantitative estimate of drug-likeness (QED) is 0.835. The third-order valence-electron chi connectivity index (χ3n) is 4.08. The third kappa shape index (κ3) is 4.20. The minimum Gasteiger partial charge on any atom is -0.482 e. The number of rotatable bonds is 4. The Morgan fingerprint density at radius 3 is 2.68 bits per heavy atom. The SMILES string of the molecule is N#Cc1ccc(OCC(=O)N2CCN(c3cccc[nH+]3)CC2)c(Cl)c1. The molecule has 0 spiro atoms. The van der Waals surface area contributed by atoms with Gasteiger partial charge in [0.1, 0.15) is 18.8 Å². The highest BCUT2D eigenvalue weighted by Gasteiger charge is 2.26. The normalized spacial score (nSPS) is 14.1. The number of halogens is 1. The summed E-state index contributed by atoms with van der Waals surface area (Å²) in [6, 6.07) is 12.7. The summed E-state index contributed by atoms with van der Waals surface area (Å²) in [6.45, 7) is 2.76. The fourth-order valence-electron chi connectivity index (χ4n) is 2.70. The van der Waals surface area contributed by atoms with Crippen LogP contribution < -0.4 is 14.6 Å². The molecule has 1 aliphatic heterocycles. The van der Waals surface area contributed by atoms with Gasteiger partial charge in [-0.15, -0.1) is 0 Å². The number of aromatic nitrogens is 1. The Morgan fingerprint density at radius 2 is 2.04 bits per heavy atom. The van der Waals surface area contributed by atoms with E-state index in [0.717, 1.165) is 18.9 Å². The molecule has 3 rings (SSSR count). The van der Waals surface area contributed by atoms with E-state index < -0.39 is 0 Å². The first kappa shape index (κ1) is 17.1. The summed E-state index contributed by atoms with van der Waals surface area (Å²) in [6.07, 6.45) is 1.89. The Bertz CT molecular complexity index is 783. The van der Waals surface area contributed by atoms with Crippen LogP contribution >= 0.6 is 11.6 Å². The first-order chi connectivity index (χ1) is 12.2. The molecule has 0 bridgehead atoms. The van der Waals surface area contributed by atoms with E-state index >= 15 is 0 Å². The van der Waals surface area contributed by atoms with E-state index in [4.69, 9.17) is 21.6 Å². The Balaban J connectivity index is 1.51. The van der Waals surface area contributed by atoms with Crippen molar-refractivity contribution >= 4 is 23.3 Å². The van der Waals surface area contributed by atoms with Crippen LogP contribution in [0.3, 0.4) is 0 Å². The van der Waals surface area contributed by atoms with Crippen molar-refractivity contribution in [3.63, 3.8) is 0 Å². The maximum atomic E-state index is 12.3. The predicted molar refractivity (Wildman–Crippen MR) is 93.5 cm³/mol. The van der Waals surface area contributed by atoms with Gasteiger partial charge in [-0.3, -0.25) is 9.69 Å². The Labute approximate surface area is 151 Å². The molecule has 1 saturated heterocycles. The fourth-order valence-corrected chi connectivity index (χ4v) is 2.93. The number of nitrogens with one attached hydrogen (secondary N) is 1. The highest BCUT2D eigenvalue weighted by atomic mass is 35.5. The zero-order valence-electron chi connectivity index (χ0n) is 13.6. The molecule has 1 aliphatic rings. The van der Waals surface area contributed by atoms with Gasteiger partial charge in [-0.1, -0.05) is 17.7 Å². The molecule has 128 valence electrons. The van der Waals surface area contributed by atoms with Crippen LogP contribution in [0.4, 0.5) is 5.82 Å². The number of hydrogen-bond acceptors (Lipinski definition) is 4. The summed E-state index contributed by atoms with van der Waals surface area (Å²) >= 11 is 6.05. The van der Waals surface area contributed by atoms with E-state index in [9.17, 15) is 4.79 Å². The number of carbonyl (C=O) groups is 1. The van der Waals surface area contributed by atoms with Gasteiger partial charge in [0.15, 0.2) is 6.61 Å². The van der Waals surface area contributed by atoms with Crippen LogP contribution in [0.1, 0.15) is 5.56 Å². The van der Waals surface area contributed by atoms with Crippen LogP contribution in [0.25, 0.3) is 0 Å². The summed E-state index contributed by atoms with van der Waals surface area (Å²) in [4.78, 5) is 19.5. The number of carbonyl (C=O) groups excluding carboxylic acids is 1. The summed E-state index contributed by atoms with van der Waals surface area (Å²) in [7, 11) is 0. The highest BCUT2D eigenvalue weighted by Crippen LogP contribution is 2.25. The van der Waals surface area contributed by atoms with Gasteiger partial charge in [-0.2, -0.15) is 5.26 Å². The fraction of sp³-hybridized carbons (Fsp3) is 0.278. The lowest BCUT2D eigenvalue weighted by Crippen LogP contribution is -2.51. The molecule has 6 nitrogen and oxygen atoms in total. The van der Waals surface area contributed by atoms with Crippen LogP contribution in [0.5, 0.6) is 5.75 Å². The second kappa shape index (κ2) is 7.86. The van der Waals surface area contributed by atoms with Crippen LogP contribution in [0, 0.1) is 11.3 Å². The number of ether oxygens (including phenoxy) is 1. The zero-order chi connectivity index (χ0) is 17.6. The first-order valence-corrected chi connectivity index (χ1v) is 8.37. The van der Waals surface area contributed by atoms with Crippen LogP contribution in [-0.2, 0) is 4.79 Å². The van der Waals surface area contributed by atoms with Gasteiger partial charge < -0.3 is 9.64 Å². The average Bonchev–Trinajstić information content (AvgIpc) is 2.67. The molecule has 25 heavy (non-hydrogen) atoms. The molecule has 2 aromatic rings. The number of amides is 1. The van der Waals surface area contributed by atoms with Crippen LogP contribution in [0.2, 0.25) is 5.02 Å². The minimum atomic E-state index is -0.0721. The molecule has 0 unspecified atom stereocenters. The Hall–Kier alpha value is -2.78. The number of nitriles is 1. The molecular formula is C18H18ClN4O2+. The van der Waals surface area contributed by atoms with Gasteiger partial charge >= 0.3 is 0 Å². The number of hydrogen-bond donors (Lipinski definition) is 0. The lowest BCUT2D eigenvalue weighted by molar-refractivity contribution is -0.364. The maximum Gasteiger partial charge on any atom is 0.274 e. The van der Waals surface area contributed by atoms with Crippen molar-refractivity contribution in [3.05, 3.63) is 53.2 Å². The number of anilines is 1. The maximum absolute atomic E-state index is 12.3. The molecule has 2 heterocycles. The Kier molecular flexibility index (Phi) is 5.36. The summed E-state index contributed by atoms with van der Waals surface area (Å²) in [5.41, 5.74) is 0.456. The lowest BCUT2D eigenvalue weighted by Gasteiger charge is -2.30. The van der Waals surface area contributed by atoms with Gasteiger partial charge in [0.05, 0.1) is 35.9 Å². The van der Waals surface area contributed by atoms with E-state index in [1.54, 1.807) is 17.0 Å². The molecule has 0 saturated carbocycles. The molecule has 1 N–H and O–H groups in total. The van der Waals surface area contributed by atoms with Crippen molar-refractivity contribution in [1.82, 2.24) is 4.90 Å². The lowest BCUT2D eigenvalue weighted by atomic mass is 10.2. The largest absolute Gasteiger partial charge is 0.482 e. The number of piperazine rings is 1. The van der Waals surface area contributed by atoms with Gasteiger partial charge in [0, 0.05) is 6.07 Å². The number of H-pyrrole nitrogens is 1. The summed E-state index contributed by atoms with van der Waals surface area (Å²) in [5, 5.41) is 9.16. The average molecular weight is 358 g/mol. The minimum absolute atomic E-state index is 0.0664. The van der Waals surface area contributed by atoms with Gasteiger partial charge in [0.25, 0.3) is 11.7 Å². The summed E-state index contributed by atoms with van der Waals surface area (Å²) < 4.78 is 5.51. The molecule has 1 amide bonds. The van der Waals surface area contributed by atoms with Gasteiger partial charge in [-0.05, 0) is 24.3 Å². The van der Waals surface area contributed by atoms with Crippen LogP contribution in [-0.4, -0.2) is 43.6 Å². The van der Waals surface area contributed by atoms with Crippen LogP contribution in [0.15, 0.2) is 42.6 Å². The van der Waals surface area contributed by atoms with E-state index in [0.29, 0.717) is 29.4 Å². The van der Waals surface area contributed by atoms with E-state index in [-0.39, 0.29) is 12.5 Å². The smallest absolute Gasteiger partial charge is 0.274 e. The molecular weight excluding hydrogens is 340 g/mol. The molecule has 0 aliphatic carbocycles. The van der Waals surface area contributed by atoms with E-state index in [1.807, 2.05) is 30.5 Å². The van der Waals surface area contributed by atoms with Crippen molar-refractivity contribution in [2.45, 2.75) is 0 Å². The van der Waals surface area contributed by atoms with Gasteiger partial charge in [-0.25, -0.2) is 4.98 Å². The molecule has 1 aromatic carbocycles. The van der Waals surface area contributed by atoms with Crippen molar-refractivity contribution in [3.8, 4) is 11.8 Å². The van der Waals surface area contributed by atoms with Crippen molar-refractivity contribution in [2.24, 2.45) is 0 Å². The van der Waals surface area contributed by atoms with Crippen molar-refractivity contribution in [1.29, 1.82) is 5.26 Å². The topological polar surface area (TPSA) is 70.7 Å². The molecule has 1 fully saturated rings. The monoisotopic (exact) mass is 357 g/mol. The molecule has 0 radical (unpaired) electrons. The molecule has 0 atom stereocenters. The molecule has 1 aromatic heterocycles. The summed E-state index contributed by atoms with van der Waals surface area (Å²) in [5.74, 6) is 1.39. The first-order valence-electron chi connectivity index (χ1n) is 7.99. The highest BCUT2D eigenvalue weighted by molar-refractivity contribution is 6.32. The molecule has 7 heteroatoms. The third-order valence-corrected chi connectivity index (χ3v) is 4.37. The zero-order valence-corrected chi connectivity index (χ0v) is 14.4. The number of pyridine rings is 1. The number of aromatic amines is 1. The number of benzene rings is 1. The van der Waals surface area contributed by atoms with Gasteiger partial charge in [0.2, 0.25) is 0 Å². The predicted octanol–water partition coefficient (Wildman–Crippen LogP) is 1.75. The number of nitrogens with zero attached hydrogens (tertiary/aromatic N) is 3.